The number of nitrogens with zero attached hydrogens (tertiary/aromatic N) is 1. The summed E-state index contributed by atoms with van der Waals surface area (Å²) in [5, 5.41) is 1.18. The highest BCUT2D eigenvalue weighted by molar-refractivity contribution is 6.76. The SMILES string of the molecule is CON(C)C(=O)/C=C/C=C/C[Si](C)(C)C. The Bertz CT molecular complexity index is 254. The van der Waals surface area contributed by atoms with Crippen LogP contribution < -0.4 is 0 Å². The third-order valence-electron chi connectivity index (χ3n) is 1.80. The second-order valence-corrected chi connectivity index (χ2v) is 10.1. The average molecular weight is 227 g/mol. The van der Waals surface area contributed by atoms with Gasteiger partial charge in [-0.05, 0) is 6.04 Å². The van der Waals surface area contributed by atoms with Gasteiger partial charge in [-0.3, -0.25) is 9.63 Å². The summed E-state index contributed by atoms with van der Waals surface area (Å²) >= 11 is 0. The van der Waals surface area contributed by atoms with E-state index in [2.05, 4.69) is 25.7 Å². The molecule has 15 heavy (non-hydrogen) atoms. The molecule has 4 heteroatoms. The van der Waals surface area contributed by atoms with Crippen molar-refractivity contribution in [1.29, 1.82) is 0 Å². The predicted molar refractivity (Wildman–Crippen MR) is 66.2 cm³/mol. The molecule has 0 aliphatic rings. The van der Waals surface area contributed by atoms with Crippen LogP contribution in [0.2, 0.25) is 25.7 Å². The summed E-state index contributed by atoms with van der Waals surface area (Å²) in [6.07, 6.45) is 7.27. The first-order valence-electron chi connectivity index (χ1n) is 5.02. The molecule has 0 atom stereocenters. The summed E-state index contributed by atoms with van der Waals surface area (Å²) in [6.45, 7) is 6.93. The third kappa shape index (κ3) is 8.14. The van der Waals surface area contributed by atoms with E-state index >= 15 is 0 Å². The van der Waals surface area contributed by atoms with Crippen molar-refractivity contribution >= 4 is 14.0 Å². The fourth-order valence-corrected chi connectivity index (χ4v) is 1.68. The van der Waals surface area contributed by atoms with Gasteiger partial charge in [0, 0.05) is 21.2 Å². The second-order valence-electron chi connectivity index (χ2n) is 4.57. The maximum absolute atomic E-state index is 11.2. The Labute approximate surface area is 93.4 Å². The number of hydrogen-bond donors (Lipinski definition) is 0. The smallest absolute Gasteiger partial charge is 0.269 e. The molecule has 0 unspecified atom stereocenters. The van der Waals surface area contributed by atoms with E-state index in [4.69, 9.17) is 4.84 Å². The van der Waals surface area contributed by atoms with Crippen LogP contribution in [0.15, 0.2) is 24.3 Å². The van der Waals surface area contributed by atoms with Gasteiger partial charge in [-0.1, -0.05) is 37.9 Å². The predicted octanol–water partition coefficient (Wildman–Crippen LogP) is 2.46. The molecule has 0 bridgehead atoms. The van der Waals surface area contributed by atoms with Gasteiger partial charge in [0.05, 0.1) is 7.11 Å². The molecule has 0 saturated heterocycles. The molecular weight excluding hydrogens is 206 g/mol. The number of amides is 1. The van der Waals surface area contributed by atoms with Crippen LogP contribution in [0.25, 0.3) is 0 Å². The third-order valence-corrected chi connectivity index (χ3v) is 3.26. The molecule has 0 spiro atoms. The second kappa shape index (κ2) is 6.58. The lowest BCUT2D eigenvalue weighted by Gasteiger charge is -2.11. The molecule has 0 fully saturated rings. The molecule has 0 N–H and O–H groups in total. The highest BCUT2D eigenvalue weighted by Gasteiger charge is 2.08. The number of allylic oxidation sites excluding steroid dienone is 3. The van der Waals surface area contributed by atoms with E-state index in [9.17, 15) is 4.79 Å². The van der Waals surface area contributed by atoms with Gasteiger partial charge < -0.3 is 0 Å². The Morgan fingerprint density at radius 1 is 1.33 bits per heavy atom. The molecule has 0 rings (SSSR count). The van der Waals surface area contributed by atoms with Crippen LogP contribution in [0.4, 0.5) is 0 Å². The standard InChI is InChI=1S/C11H21NO2Si/c1-12(14-2)11(13)9-7-6-8-10-15(3,4)5/h6-9H,10H2,1-5H3/b8-6+,9-7+. The first kappa shape index (κ1) is 14.1. The molecule has 0 saturated carbocycles. The van der Waals surface area contributed by atoms with Gasteiger partial charge >= 0.3 is 0 Å². The molecule has 0 aromatic carbocycles. The van der Waals surface area contributed by atoms with Crippen LogP contribution in [0.3, 0.4) is 0 Å². The minimum atomic E-state index is -1.00. The van der Waals surface area contributed by atoms with Gasteiger partial charge in [-0.15, -0.1) is 0 Å². The number of likely N-dealkylation sites (N-methyl/N-ethyl adjacent to an activating group) is 1. The first-order valence-corrected chi connectivity index (χ1v) is 8.72. The summed E-state index contributed by atoms with van der Waals surface area (Å²) in [5.41, 5.74) is 0. The molecular formula is C11H21NO2Si. The van der Waals surface area contributed by atoms with E-state index in [-0.39, 0.29) is 5.91 Å². The average Bonchev–Trinajstić information content (AvgIpc) is 2.14. The van der Waals surface area contributed by atoms with Gasteiger partial charge in [-0.25, -0.2) is 5.06 Å². The molecule has 0 aliphatic carbocycles. The van der Waals surface area contributed by atoms with Gasteiger partial charge in [0.2, 0.25) is 0 Å². The van der Waals surface area contributed by atoms with E-state index in [1.165, 1.54) is 18.2 Å². The number of rotatable bonds is 5. The van der Waals surface area contributed by atoms with E-state index in [0.29, 0.717) is 0 Å². The van der Waals surface area contributed by atoms with Crippen molar-refractivity contribution in [2.24, 2.45) is 0 Å². The van der Waals surface area contributed by atoms with Crippen molar-refractivity contribution in [1.82, 2.24) is 5.06 Å². The summed E-state index contributed by atoms with van der Waals surface area (Å²) in [7, 11) is 2.04. The van der Waals surface area contributed by atoms with Gasteiger partial charge in [0.1, 0.15) is 0 Å². The van der Waals surface area contributed by atoms with Crippen molar-refractivity contribution in [3.63, 3.8) is 0 Å². The van der Waals surface area contributed by atoms with Crippen LogP contribution in [0.5, 0.6) is 0 Å². The zero-order valence-corrected chi connectivity index (χ0v) is 11.3. The zero-order valence-electron chi connectivity index (χ0n) is 10.3. The van der Waals surface area contributed by atoms with E-state index in [0.717, 1.165) is 6.04 Å². The molecule has 0 aromatic heterocycles. The Hall–Kier alpha value is -0.873. The molecule has 86 valence electrons. The molecule has 0 heterocycles. The Morgan fingerprint density at radius 3 is 2.40 bits per heavy atom. The Kier molecular flexibility index (Phi) is 6.20. The molecule has 0 aliphatic heterocycles. The lowest BCUT2D eigenvalue weighted by Crippen LogP contribution is -2.22. The zero-order chi connectivity index (χ0) is 11.9. The van der Waals surface area contributed by atoms with E-state index < -0.39 is 8.07 Å². The fourth-order valence-electron chi connectivity index (χ4n) is 0.833. The molecule has 3 nitrogen and oxygen atoms in total. The minimum absolute atomic E-state index is 0.157. The van der Waals surface area contributed by atoms with Crippen LogP contribution in [-0.2, 0) is 9.63 Å². The van der Waals surface area contributed by atoms with E-state index in [1.807, 2.05) is 6.08 Å². The Balaban J connectivity index is 3.95. The summed E-state index contributed by atoms with van der Waals surface area (Å²) in [5.74, 6) is -0.157. The van der Waals surface area contributed by atoms with E-state index in [1.54, 1.807) is 13.1 Å². The Morgan fingerprint density at radius 2 is 1.93 bits per heavy atom. The van der Waals surface area contributed by atoms with Crippen LogP contribution in [-0.4, -0.2) is 33.2 Å². The topological polar surface area (TPSA) is 29.5 Å². The minimum Gasteiger partial charge on any atom is -0.274 e. The van der Waals surface area contributed by atoms with Crippen molar-refractivity contribution in [3.05, 3.63) is 24.3 Å². The van der Waals surface area contributed by atoms with Crippen LogP contribution in [0.1, 0.15) is 0 Å². The van der Waals surface area contributed by atoms with Crippen LogP contribution >= 0.6 is 0 Å². The molecule has 0 aromatic rings. The van der Waals surface area contributed by atoms with Crippen molar-refractivity contribution in [2.45, 2.75) is 25.7 Å². The molecule has 1 amide bonds. The number of carbonyl (C=O) groups is 1. The fraction of sp³-hybridized carbons (Fsp3) is 0.545. The monoisotopic (exact) mass is 227 g/mol. The van der Waals surface area contributed by atoms with Crippen LogP contribution in [0, 0.1) is 0 Å². The maximum Gasteiger partial charge on any atom is 0.269 e. The number of hydroxylamine groups is 2. The van der Waals surface area contributed by atoms with Crippen molar-refractivity contribution < 1.29 is 9.63 Å². The normalized spacial score (nSPS) is 12.6. The first-order chi connectivity index (χ1) is 6.87. The van der Waals surface area contributed by atoms with Gasteiger partial charge in [0.15, 0.2) is 0 Å². The highest BCUT2D eigenvalue weighted by atomic mass is 28.3. The lowest BCUT2D eigenvalue weighted by molar-refractivity contribution is -0.162. The lowest BCUT2D eigenvalue weighted by atomic mass is 10.4. The largest absolute Gasteiger partial charge is 0.274 e. The van der Waals surface area contributed by atoms with Crippen molar-refractivity contribution in [3.8, 4) is 0 Å². The quantitative estimate of drug-likeness (QED) is 0.312. The highest BCUT2D eigenvalue weighted by Crippen LogP contribution is 2.08. The van der Waals surface area contributed by atoms with Gasteiger partial charge in [-0.2, -0.15) is 0 Å². The number of carbonyl (C=O) groups excluding carboxylic acids is 1. The summed E-state index contributed by atoms with van der Waals surface area (Å²) in [6, 6.07) is 1.13. The van der Waals surface area contributed by atoms with Crippen molar-refractivity contribution in [2.75, 3.05) is 14.2 Å². The maximum atomic E-state index is 11.2. The number of hydrogen-bond acceptors (Lipinski definition) is 2. The summed E-state index contributed by atoms with van der Waals surface area (Å²) in [4.78, 5) is 16.0. The summed E-state index contributed by atoms with van der Waals surface area (Å²) < 4.78 is 0. The molecule has 0 radical (unpaired) electrons. The van der Waals surface area contributed by atoms with Gasteiger partial charge in [0.25, 0.3) is 5.91 Å².